The molecule has 0 aromatic rings. The minimum absolute atomic E-state index is 0.362. The fourth-order valence-corrected chi connectivity index (χ4v) is 9.94. The zero-order valence-corrected chi connectivity index (χ0v) is 45.9. The highest BCUT2D eigenvalue weighted by atomic mass is 16.5. The molecule has 0 N–H and O–H groups in total. The van der Waals surface area contributed by atoms with Gasteiger partial charge in [-0.1, -0.05) is 41.5 Å². The summed E-state index contributed by atoms with van der Waals surface area (Å²) in [7, 11) is 6.70. The zero-order valence-electron chi connectivity index (χ0n) is 45.9. The Morgan fingerprint density at radius 1 is 0.415 bits per heavy atom. The van der Waals surface area contributed by atoms with Crippen molar-refractivity contribution in [3.8, 4) is 0 Å². The highest BCUT2D eigenvalue weighted by molar-refractivity contribution is 4.81. The Bertz CT molecular complexity index is 989. The number of likely N-dealkylation sites (N-methyl/N-ethyl adjacent to an activating group) is 3. The Hall–Kier alpha value is -0.480. The van der Waals surface area contributed by atoms with Gasteiger partial charge in [-0.25, -0.2) is 0 Å². The molecule has 6 heterocycles. The van der Waals surface area contributed by atoms with Gasteiger partial charge in [-0.3, -0.25) is 4.90 Å². The molecule has 12 nitrogen and oxygen atoms in total. The summed E-state index contributed by atoms with van der Waals surface area (Å²) in [5.41, 5.74) is 0. The van der Waals surface area contributed by atoms with Crippen molar-refractivity contribution < 1.29 is 9.47 Å². The van der Waals surface area contributed by atoms with E-state index in [1.54, 1.807) is 0 Å². The molecule has 0 unspecified atom stereocenters. The molecule has 6 aliphatic rings. The second-order valence-corrected chi connectivity index (χ2v) is 20.5. The van der Waals surface area contributed by atoms with Crippen LogP contribution in [0.25, 0.3) is 0 Å². The van der Waals surface area contributed by atoms with Crippen LogP contribution in [0.3, 0.4) is 0 Å². The van der Waals surface area contributed by atoms with E-state index in [1.807, 2.05) is 27.7 Å². The molecule has 6 rings (SSSR count). The predicted octanol–water partition coefficient (Wildman–Crippen LogP) is 6.08. The van der Waals surface area contributed by atoms with E-state index in [2.05, 4.69) is 112 Å². The summed E-state index contributed by atoms with van der Waals surface area (Å²) in [5.74, 6) is 2.79. The Balaban J connectivity index is 0.000000322. The van der Waals surface area contributed by atoms with Gasteiger partial charge in [0.15, 0.2) is 0 Å². The minimum atomic E-state index is 0.362. The summed E-state index contributed by atoms with van der Waals surface area (Å²) in [6, 6.07) is 0. The lowest BCUT2D eigenvalue weighted by Gasteiger charge is -2.38. The van der Waals surface area contributed by atoms with Gasteiger partial charge in [0.05, 0.1) is 25.4 Å². The number of hydrogen-bond donors (Lipinski definition) is 0. The van der Waals surface area contributed by atoms with E-state index >= 15 is 0 Å². The smallest absolute Gasteiger partial charge is 0.0596 e. The maximum Gasteiger partial charge on any atom is 0.0596 e. The lowest BCUT2D eigenvalue weighted by Crippen LogP contribution is -2.49. The van der Waals surface area contributed by atoms with Crippen molar-refractivity contribution in [2.75, 3.05) is 211 Å². The number of piperazine rings is 3. The number of rotatable bonds is 19. The summed E-state index contributed by atoms with van der Waals surface area (Å²) in [5, 5.41) is 0. The Morgan fingerprint density at radius 2 is 0.723 bits per heavy atom. The summed E-state index contributed by atoms with van der Waals surface area (Å²) in [6.07, 6.45) is 9.05. The van der Waals surface area contributed by atoms with E-state index in [9.17, 15) is 0 Å². The molecule has 0 bridgehead atoms. The Morgan fingerprint density at radius 3 is 1.09 bits per heavy atom. The van der Waals surface area contributed by atoms with Crippen LogP contribution < -0.4 is 0 Å². The summed E-state index contributed by atoms with van der Waals surface area (Å²) >= 11 is 0. The van der Waals surface area contributed by atoms with Crippen LogP contribution in [0.5, 0.6) is 0 Å². The van der Waals surface area contributed by atoms with Crippen LogP contribution in [0.2, 0.25) is 0 Å². The quantitative estimate of drug-likeness (QED) is 0.151. The average Bonchev–Trinajstić information content (AvgIpc) is 3.33. The molecule has 0 saturated carbocycles. The van der Waals surface area contributed by atoms with Gasteiger partial charge in [0.25, 0.3) is 0 Å². The van der Waals surface area contributed by atoms with Gasteiger partial charge in [-0.15, -0.1) is 0 Å². The van der Waals surface area contributed by atoms with Crippen molar-refractivity contribution in [1.29, 1.82) is 0 Å². The van der Waals surface area contributed by atoms with E-state index in [0.717, 1.165) is 44.1 Å². The average molecular weight is 924 g/mol. The third-order valence-corrected chi connectivity index (χ3v) is 14.8. The summed E-state index contributed by atoms with van der Waals surface area (Å²) in [6.45, 7) is 56.6. The third-order valence-electron chi connectivity index (χ3n) is 14.8. The van der Waals surface area contributed by atoms with Crippen LogP contribution in [-0.4, -0.2) is 272 Å². The summed E-state index contributed by atoms with van der Waals surface area (Å²) < 4.78 is 11.3. The molecule has 65 heavy (non-hydrogen) atoms. The molecular weight excluding hydrogens is 809 g/mol. The number of likely N-dealkylation sites (tertiary alicyclic amines) is 3. The van der Waals surface area contributed by atoms with Crippen LogP contribution in [0, 0.1) is 17.8 Å². The molecule has 0 atom stereocenters. The Kier molecular flexibility index (Phi) is 34.9. The zero-order chi connectivity index (χ0) is 47.8. The minimum Gasteiger partial charge on any atom is -0.377 e. The van der Waals surface area contributed by atoms with Gasteiger partial charge in [0.2, 0.25) is 0 Å². The molecule has 0 aliphatic carbocycles. The number of hydrogen-bond acceptors (Lipinski definition) is 12. The molecule has 0 aromatic heterocycles. The highest BCUT2D eigenvalue weighted by Crippen LogP contribution is 2.21. The first-order chi connectivity index (χ1) is 31.5. The topological polar surface area (TPSA) is 50.9 Å². The van der Waals surface area contributed by atoms with Gasteiger partial charge in [-0.05, 0) is 157 Å². The van der Waals surface area contributed by atoms with Gasteiger partial charge in [0, 0.05) is 124 Å². The van der Waals surface area contributed by atoms with Crippen molar-refractivity contribution in [3.05, 3.63) is 0 Å². The van der Waals surface area contributed by atoms with Crippen LogP contribution in [0.1, 0.15) is 108 Å². The normalized spacial score (nSPS) is 23.1. The van der Waals surface area contributed by atoms with Gasteiger partial charge < -0.3 is 53.6 Å². The largest absolute Gasteiger partial charge is 0.377 e. The molecule has 6 fully saturated rings. The number of nitrogens with zero attached hydrogens (tertiary/aromatic N) is 10. The first kappa shape index (κ1) is 60.6. The lowest BCUT2D eigenvalue weighted by molar-refractivity contribution is 0.0406. The fourth-order valence-electron chi connectivity index (χ4n) is 9.94. The molecular formula is C53H114N10O2. The second-order valence-electron chi connectivity index (χ2n) is 20.5. The van der Waals surface area contributed by atoms with E-state index in [4.69, 9.17) is 9.47 Å². The van der Waals surface area contributed by atoms with E-state index in [1.165, 1.54) is 202 Å². The van der Waals surface area contributed by atoms with Crippen molar-refractivity contribution in [2.24, 2.45) is 17.8 Å². The van der Waals surface area contributed by atoms with Crippen molar-refractivity contribution >= 4 is 0 Å². The van der Waals surface area contributed by atoms with E-state index in [-0.39, 0.29) is 0 Å². The molecule has 12 heteroatoms. The van der Waals surface area contributed by atoms with E-state index < -0.39 is 0 Å². The van der Waals surface area contributed by atoms with Gasteiger partial charge in [0.1, 0.15) is 0 Å². The van der Waals surface area contributed by atoms with Crippen molar-refractivity contribution in [2.45, 2.75) is 120 Å². The molecule has 6 saturated heterocycles. The maximum absolute atomic E-state index is 5.65. The molecule has 0 amide bonds. The SMILES string of the molecule is CC.CC.CC(C)OCCN1CCC(CN2CCN(C)CC2)CC1.CC(C)OCCN1CCN(CC2CCN(C)CC2)CC1.CCN(C)CCN1CCC(CN2CCN(CC)CC2)CC1. The maximum atomic E-state index is 5.65. The Labute approximate surface area is 406 Å². The highest BCUT2D eigenvalue weighted by Gasteiger charge is 2.26. The second kappa shape index (κ2) is 37.4. The van der Waals surface area contributed by atoms with Gasteiger partial charge >= 0.3 is 0 Å². The molecule has 0 aromatic carbocycles. The first-order valence-corrected chi connectivity index (χ1v) is 27.8. The van der Waals surface area contributed by atoms with Crippen molar-refractivity contribution in [1.82, 2.24) is 49.0 Å². The predicted molar refractivity (Wildman–Crippen MR) is 282 cm³/mol. The van der Waals surface area contributed by atoms with Gasteiger partial charge in [-0.2, -0.15) is 0 Å². The van der Waals surface area contributed by atoms with E-state index in [0.29, 0.717) is 12.2 Å². The molecule has 6 aliphatic heterocycles. The molecule has 0 radical (unpaired) electrons. The first-order valence-electron chi connectivity index (χ1n) is 27.8. The van der Waals surface area contributed by atoms with Crippen molar-refractivity contribution in [3.63, 3.8) is 0 Å². The lowest BCUT2D eigenvalue weighted by atomic mass is 9.96. The standard InChI is InChI=1S/C17H36N4.2C16H33N3O.2C2H6/c1-4-18(3)10-11-20-8-6-17(7-9-20)16-21-14-12-19(5-2)13-15-21;1-15(2)20-13-12-18-6-4-16(5-7-18)14-19-10-8-17(3)9-11-19;1-15(2)20-13-12-18-8-10-19(11-9-18)14-16-4-6-17(3)7-5-16;2*1-2/h17H,4-16H2,1-3H3;2*15-16H,4-14H2,1-3H3;2*1-2H3. The third kappa shape index (κ3) is 28.1. The van der Waals surface area contributed by atoms with Crippen LogP contribution in [0.15, 0.2) is 0 Å². The fraction of sp³-hybridized carbons (Fsp3) is 1.00. The molecule has 388 valence electrons. The summed E-state index contributed by atoms with van der Waals surface area (Å²) in [4.78, 5) is 25.7. The van der Waals surface area contributed by atoms with Crippen LogP contribution in [0.4, 0.5) is 0 Å². The number of ether oxygens (including phenoxy) is 2. The van der Waals surface area contributed by atoms with Crippen LogP contribution in [-0.2, 0) is 9.47 Å². The van der Waals surface area contributed by atoms with Crippen LogP contribution >= 0.6 is 0 Å². The number of piperidine rings is 3. The molecule has 0 spiro atoms. The monoisotopic (exact) mass is 923 g/mol.